The van der Waals surface area contributed by atoms with Crippen LogP contribution in [0.2, 0.25) is 0 Å². The Morgan fingerprint density at radius 1 is 1.36 bits per heavy atom. The summed E-state index contributed by atoms with van der Waals surface area (Å²) in [7, 11) is 0. The molecule has 0 amide bonds. The average Bonchev–Trinajstić information content (AvgIpc) is 2.23. The molecule has 0 atom stereocenters. The van der Waals surface area contributed by atoms with Crippen LogP contribution in [-0.4, -0.2) is 18.2 Å². The predicted molar refractivity (Wildman–Crippen MR) is 59.2 cm³/mol. The van der Waals surface area contributed by atoms with Crippen molar-refractivity contribution in [1.82, 2.24) is 4.98 Å². The normalized spacial score (nSPS) is 18.4. The number of hydrogen-bond donors (Lipinski definition) is 0. The summed E-state index contributed by atoms with van der Waals surface area (Å²) in [6.45, 7) is 1.85. The van der Waals surface area contributed by atoms with Crippen LogP contribution in [-0.2, 0) is 11.2 Å². The standard InChI is InChI=1S/C11H14BrNO/c12-11-2-1-10(8-13-11)7-9-3-5-14-6-4-9/h1-2,8-9H,3-7H2. The Balaban J connectivity index is 1.92. The minimum atomic E-state index is 0.784. The number of aromatic nitrogens is 1. The smallest absolute Gasteiger partial charge is 0.106 e. The first kappa shape index (κ1) is 10.1. The van der Waals surface area contributed by atoms with Gasteiger partial charge in [0.1, 0.15) is 4.60 Å². The van der Waals surface area contributed by atoms with Crippen LogP contribution in [0.3, 0.4) is 0 Å². The van der Waals surface area contributed by atoms with Gasteiger partial charge in [-0.2, -0.15) is 0 Å². The Kier molecular flexibility index (Phi) is 3.54. The van der Waals surface area contributed by atoms with Crippen LogP contribution in [0.5, 0.6) is 0 Å². The maximum atomic E-state index is 5.33. The number of halogens is 1. The number of ether oxygens (including phenoxy) is 1. The lowest BCUT2D eigenvalue weighted by Gasteiger charge is -2.21. The summed E-state index contributed by atoms with van der Waals surface area (Å²) in [5.41, 5.74) is 1.33. The summed E-state index contributed by atoms with van der Waals surface area (Å²) in [6, 6.07) is 4.15. The first-order valence-corrected chi connectivity index (χ1v) is 5.82. The zero-order valence-corrected chi connectivity index (χ0v) is 9.66. The molecule has 1 aromatic rings. The highest BCUT2D eigenvalue weighted by molar-refractivity contribution is 9.10. The third-order valence-corrected chi connectivity index (χ3v) is 3.12. The largest absolute Gasteiger partial charge is 0.381 e. The topological polar surface area (TPSA) is 22.1 Å². The Bertz CT molecular complexity index is 280. The maximum absolute atomic E-state index is 5.33. The van der Waals surface area contributed by atoms with Crippen molar-refractivity contribution in [3.05, 3.63) is 28.5 Å². The van der Waals surface area contributed by atoms with E-state index in [1.165, 1.54) is 18.4 Å². The third kappa shape index (κ3) is 2.79. The third-order valence-electron chi connectivity index (χ3n) is 2.65. The Morgan fingerprint density at radius 2 is 2.14 bits per heavy atom. The molecule has 1 aliphatic rings. The molecule has 0 radical (unpaired) electrons. The van der Waals surface area contributed by atoms with Gasteiger partial charge in [0.2, 0.25) is 0 Å². The molecule has 0 bridgehead atoms. The molecule has 2 nitrogen and oxygen atoms in total. The van der Waals surface area contributed by atoms with Gasteiger partial charge in [-0.05, 0) is 52.7 Å². The van der Waals surface area contributed by atoms with Crippen molar-refractivity contribution in [2.75, 3.05) is 13.2 Å². The second-order valence-electron chi connectivity index (χ2n) is 3.75. The highest BCUT2D eigenvalue weighted by atomic mass is 79.9. The molecule has 2 heterocycles. The molecule has 0 aliphatic carbocycles. The lowest BCUT2D eigenvalue weighted by molar-refractivity contribution is 0.0665. The average molecular weight is 256 g/mol. The SMILES string of the molecule is Brc1ccc(CC2CCOCC2)cn1. The molecule has 1 fully saturated rings. The fourth-order valence-electron chi connectivity index (χ4n) is 1.81. The summed E-state index contributed by atoms with van der Waals surface area (Å²) >= 11 is 3.34. The Hall–Kier alpha value is -0.410. The molecular formula is C11H14BrNO. The molecule has 0 N–H and O–H groups in total. The van der Waals surface area contributed by atoms with E-state index in [4.69, 9.17) is 4.74 Å². The molecule has 2 rings (SSSR count). The second kappa shape index (κ2) is 4.89. The fraction of sp³-hybridized carbons (Fsp3) is 0.545. The van der Waals surface area contributed by atoms with Crippen molar-refractivity contribution in [2.24, 2.45) is 5.92 Å². The lowest BCUT2D eigenvalue weighted by atomic mass is 9.93. The van der Waals surface area contributed by atoms with E-state index in [1.807, 2.05) is 12.3 Å². The van der Waals surface area contributed by atoms with Crippen molar-refractivity contribution in [1.29, 1.82) is 0 Å². The molecule has 14 heavy (non-hydrogen) atoms. The number of hydrogen-bond acceptors (Lipinski definition) is 2. The summed E-state index contributed by atoms with van der Waals surface area (Å²) in [4.78, 5) is 4.23. The molecule has 0 aromatic carbocycles. The van der Waals surface area contributed by atoms with Gasteiger partial charge >= 0.3 is 0 Å². The fourth-order valence-corrected chi connectivity index (χ4v) is 2.05. The Morgan fingerprint density at radius 3 is 2.79 bits per heavy atom. The van der Waals surface area contributed by atoms with Gasteiger partial charge in [-0.3, -0.25) is 0 Å². The van der Waals surface area contributed by atoms with E-state index in [-0.39, 0.29) is 0 Å². The number of pyridine rings is 1. The second-order valence-corrected chi connectivity index (χ2v) is 4.56. The van der Waals surface area contributed by atoms with E-state index in [1.54, 1.807) is 0 Å². The van der Waals surface area contributed by atoms with Gasteiger partial charge in [0.25, 0.3) is 0 Å². The molecule has 3 heteroatoms. The van der Waals surface area contributed by atoms with E-state index in [9.17, 15) is 0 Å². The van der Waals surface area contributed by atoms with E-state index < -0.39 is 0 Å². The first-order chi connectivity index (χ1) is 6.84. The molecule has 1 saturated heterocycles. The highest BCUT2D eigenvalue weighted by Crippen LogP contribution is 2.20. The van der Waals surface area contributed by atoms with Crippen LogP contribution in [0.4, 0.5) is 0 Å². The van der Waals surface area contributed by atoms with E-state index in [0.29, 0.717) is 0 Å². The summed E-state index contributed by atoms with van der Waals surface area (Å²) < 4.78 is 6.24. The quantitative estimate of drug-likeness (QED) is 0.759. The number of nitrogens with zero attached hydrogens (tertiary/aromatic N) is 1. The van der Waals surface area contributed by atoms with Crippen LogP contribution in [0.1, 0.15) is 18.4 Å². The first-order valence-electron chi connectivity index (χ1n) is 5.03. The van der Waals surface area contributed by atoms with Gasteiger partial charge in [-0.15, -0.1) is 0 Å². The van der Waals surface area contributed by atoms with Gasteiger partial charge in [-0.1, -0.05) is 6.07 Å². The van der Waals surface area contributed by atoms with Crippen molar-refractivity contribution in [3.63, 3.8) is 0 Å². The minimum Gasteiger partial charge on any atom is -0.381 e. The van der Waals surface area contributed by atoms with Crippen LogP contribution >= 0.6 is 15.9 Å². The van der Waals surface area contributed by atoms with Crippen LogP contribution in [0, 0.1) is 5.92 Å². The predicted octanol–water partition coefficient (Wildman–Crippen LogP) is 2.81. The summed E-state index contributed by atoms with van der Waals surface area (Å²) in [6.07, 6.45) is 5.48. The van der Waals surface area contributed by atoms with E-state index >= 15 is 0 Å². The molecule has 76 valence electrons. The van der Waals surface area contributed by atoms with Crippen molar-refractivity contribution < 1.29 is 4.74 Å². The van der Waals surface area contributed by atoms with E-state index in [2.05, 4.69) is 27.0 Å². The molecule has 0 spiro atoms. The lowest BCUT2D eigenvalue weighted by Crippen LogP contribution is -2.17. The van der Waals surface area contributed by atoms with Gasteiger partial charge in [-0.25, -0.2) is 4.98 Å². The zero-order chi connectivity index (χ0) is 9.80. The maximum Gasteiger partial charge on any atom is 0.106 e. The summed E-state index contributed by atoms with van der Waals surface area (Å²) in [5, 5.41) is 0. The van der Waals surface area contributed by atoms with Gasteiger partial charge in [0, 0.05) is 19.4 Å². The van der Waals surface area contributed by atoms with Crippen LogP contribution in [0.15, 0.2) is 22.9 Å². The molecule has 0 saturated carbocycles. The molecule has 1 aromatic heterocycles. The zero-order valence-electron chi connectivity index (χ0n) is 8.08. The van der Waals surface area contributed by atoms with Crippen molar-refractivity contribution in [2.45, 2.75) is 19.3 Å². The van der Waals surface area contributed by atoms with Gasteiger partial charge in [0.05, 0.1) is 0 Å². The van der Waals surface area contributed by atoms with Crippen molar-refractivity contribution in [3.8, 4) is 0 Å². The minimum absolute atomic E-state index is 0.784. The van der Waals surface area contributed by atoms with E-state index in [0.717, 1.165) is 30.2 Å². The van der Waals surface area contributed by atoms with Gasteiger partial charge < -0.3 is 4.74 Å². The molecular weight excluding hydrogens is 242 g/mol. The highest BCUT2D eigenvalue weighted by Gasteiger charge is 2.14. The number of rotatable bonds is 2. The monoisotopic (exact) mass is 255 g/mol. The van der Waals surface area contributed by atoms with Crippen LogP contribution in [0.25, 0.3) is 0 Å². The van der Waals surface area contributed by atoms with Crippen LogP contribution < -0.4 is 0 Å². The van der Waals surface area contributed by atoms with Crippen molar-refractivity contribution >= 4 is 15.9 Å². The molecule has 1 aliphatic heterocycles. The Labute approximate surface area is 92.8 Å². The molecule has 0 unspecified atom stereocenters. The summed E-state index contributed by atoms with van der Waals surface area (Å²) in [5.74, 6) is 0.784. The van der Waals surface area contributed by atoms with Gasteiger partial charge in [0.15, 0.2) is 0 Å².